The number of anilines is 1. The van der Waals surface area contributed by atoms with E-state index >= 15 is 0 Å². The number of carbonyl (C=O) groups is 2. The lowest BCUT2D eigenvalue weighted by Gasteiger charge is -2.09. The van der Waals surface area contributed by atoms with Gasteiger partial charge in [-0.25, -0.2) is 4.79 Å². The summed E-state index contributed by atoms with van der Waals surface area (Å²) in [5, 5.41) is 2.67. The fourth-order valence-corrected chi connectivity index (χ4v) is 2.17. The van der Waals surface area contributed by atoms with Gasteiger partial charge in [0.05, 0.1) is 37.2 Å². The Morgan fingerprint density at radius 3 is 2.64 bits per heavy atom. The predicted molar refractivity (Wildman–Crippen MR) is 84.2 cm³/mol. The molecule has 0 aliphatic rings. The number of pyridine rings is 1. The monoisotopic (exact) mass is 364 g/mol. The summed E-state index contributed by atoms with van der Waals surface area (Å²) in [5.74, 6) is -0.310. The van der Waals surface area contributed by atoms with Gasteiger partial charge in [-0.1, -0.05) is 0 Å². The van der Waals surface area contributed by atoms with E-state index in [0.29, 0.717) is 21.5 Å². The molecule has 2 aromatic rings. The fraction of sp³-hybridized carbons (Fsp3) is 0.133. The second-order valence-corrected chi connectivity index (χ2v) is 5.11. The van der Waals surface area contributed by atoms with Crippen molar-refractivity contribution < 1.29 is 19.1 Å². The Morgan fingerprint density at radius 1 is 1.18 bits per heavy atom. The lowest BCUT2D eigenvalue weighted by atomic mass is 10.2. The average Bonchev–Trinajstić information content (AvgIpc) is 2.54. The lowest BCUT2D eigenvalue weighted by Crippen LogP contribution is -2.13. The van der Waals surface area contributed by atoms with E-state index in [2.05, 4.69) is 31.0 Å². The van der Waals surface area contributed by atoms with Crippen molar-refractivity contribution in [3.8, 4) is 5.75 Å². The number of ether oxygens (including phenoxy) is 2. The molecule has 114 valence electrons. The summed E-state index contributed by atoms with van der Waals surface area (Å²) in [6, 6.07) is 6.55. The molecule has 0 fully saturated rings. The SMILES string of the molecule is COC(=O)c1cncc(NC(=O)c2cc(OC)ccc2Br)c1. The Kier molecular flexibility index (Phi) is 5.11. The summed E-state index contributed by atoms with van der Waals surface area (Å²) in [4.78, 5) is 27.7. The van der Waals surface area contributed by atoms with Crippen LogP contribution in [0.3, 0.4) is 0 Å². The molecule has 0 spiro atoms. The van der Waals surface area contributed by atoms with Crippen LogP contribution >= 0.6 is 15.9 Å². The van der Waals surface area contributed by atoms with Crippen LogP contribution in [0.25, 0.3) is 0 Å². The van der Waals surface area contributed by atoms with Crippen LogP contribution in [0.15, 0.2) is 41.1 Å². The Morgan fingerprint density at radius 2 is 1.95 bits per heavy atom. The summed E-state index contributed by atoms with van der Waals surface area (Å²) >= 11 is 3.32. The topological polar surface area (TPSA) is 77.5 Å². The fourth-order valence-electron chi connectivity index (χ4n) is 1.74. The van der Waals surface area contributed by atoms with Crippen LogP contribution in [-0.2, 0) is 4.74 Å². The number of amides is 1. The summed E-state index contributed by atoms with van der Waals surface area (Å²) in [5.41, 5.74) is 1.05. The van der Waals surface area contributed by atoms with Crippen molar-refractivity contribution in [1.82, 2.24) is 4.98 Å². The van der Waals surface area contributed by atoms with E-state index in [-0.39, 0.29) is 11.5 Å². The molecule has 1 aromatic carbocycles. The molecule has 0 bridgehead atoms. The Bertz CT molecular complexity index is 718. The molecular weight excluding hydrogens is 352 g/mol. The summed E-state index contributed by atoms with van der Waals surface area (Å²) < 4.78 is 10.3. The Hall–Kier alpha value is -2.41. The number of hydrogen-bond acceptors (Lipinski definition) is 5. The number of nitrogens with one attached hydrogen (secondary N) is 1. The third kappa shape index (κ3) is 3.62. The van der Waals surface area contributed by atoms with Crippen molar-refractivity contribution in [2.45, 2.75) is 0 Å². The molecule has 1 heterocycles. The first-order valence-electron chi connectivity index (χ1n) is 6.23. The van der Waals surface area contributed by atoms with Crippen LogP contribution < -0.4 is 10.1 Å². The van der Waals surface area contributed by atoms with Gasteiger partial charge in [0, 0.05) is 10.7 Å². The van der Waals surface area contributed by atoms with Gasteiger partial charge in [-0.2, -0.15) is 0 Å². The van der Waals surface area contributed by atoms with Crippen LogP contribution in [0.4, 0.5) is 5.69 Å². The predicted octanol–water partition coefficient (Wildman–Crippen LogP) is 2.89. The van der Waals surface area contributed by atoms with Gasteiger partial charge in [0.15, 0.2) is 0 Å². The molecule has 0 saturated heterocycles. The molecule has 0 atom stereocenters. The minimum Gasteiger partial charge on any atom is -0.497 e. The van der Waals surface area contributed by atoms with Gasteiger partial charge in [-0.05, 0) is 40.2 Å². The van der Waals surface area contributed by atoms with Gasteiger partial charge >= 0.3 is 5.97 Å². The first-order chi connectivity index (χ1) is 10.5. The minimum atomic E-state index is -0.522. The normalized spacial score (nSPS) is 9.95. The zero-order valence-corrected chi connectivity index (χ0v) is 13.5. The first-order valence-corrected chi connectivity index (χ1v) is 7.02. The largest absolute Gasteiger partial charge is 0.497 e. The van der Waals surface area contributed by atoms with Gasteiger partial charge in [0.1, 0.15) is 5.75 Å². The molecule has 6 nitrogen and oxygen atoms in total. The highest BCUT2D eigenvalue weighted by Gasteiger charge is 2.13. The van der Waals surface area contributed by atoms with Crippen LogP contribution in [-0.4, -0.2) is 31.1 Å². The first kappa shape index (κ1) is 16.0. The molecule has 0 aliphatic carbocycles. The number of benzene rings is 1. The molecule has 0 unspecified atom stereocenters. The standard InChI is InChI=1S/C15H13BrN2O4/c1-21-11-3-4-13(16)12(6-11)14(19)18-10-5-9(7-17-8-10)15(20)22-2/h3-8H,1-2H3,(H,18,19). The average molecular weight is 365 g/mol. The van der Waals surface area contributed by atoms with Crippen molar-refractivity contribution in [3.63, 3.8) is 0 Å². The highest BCUT2D eigenvalue weighted by Crippen LogP contribution is 2.23. The van der Waals surface area contributed by atoms with E-state index in [1.165, 1.54) is 32.7 Å². The van der Waals surface area contributed by atoms with Crippen molar-refractivity contribution in [2.24, 2.45) is 0 Å². The molecule has 0 saturated carbocycles. The lowest BCUT2D eigenvalue weighted by molar-refractivity contribution is 0.0600. The maximum atomic E-state index is 12.3. The van der Waals surface area contributed by atoms with E-state index in [1.54, 1.807) is 18.2 Å². The molecule has 1 N–H and O–H groups in total. The maximum Gasteiger partial charge on any atom is 0.339 e. The molecular formula is C15H13BrN2O4. The smallest absolute Gasteiger partial charge is 0.339 e. The van der Waals surface area contributed by atoms with Crippen LogP contribution in [0, 0.1) is 0 Å². The van der Waals surface area contributed by atoms with Crippen LogP contribution in [0.2, 0.25) is 0 Å². The number of halogens is 1. The highest BCUT2D eigenvalue weighted by molar-refractivity contribution is 9.10. The summed E-state index contributed by atoms with van der Waals surface area (Å²) in [6.07, 6.45) is 2.81. The van der Waals surface area contributed by atoms with Crippen LogP contribution in [0.1, 0.15) is 20.7 Å². The van der Waals surface area contributed by atoms with E-state index < -0.39 is 5.97 Å². The molecule has 1 amide bonds. The van der Waals surface area contributed by atoms with E-state index in [4.69, 9.17) is 4.74 Å². The quantitative estimate of drug-likeness (QED) is 0.843. The number of esters is 1. The number of aromatic nitrogens is 1. The second-order valence-electron chi connectivity index (χ2n) is 4.25. The van der Waals surface area contributed by atoms with Crippen molar-refractivity contribution in [1.29, 1.82) is 0 Å². The molecule has 0 radical (unpaired) electrons. The van der Waals surface area contributed by atoms with Gasteiger partial charge in [-0.15, -0.1) is 0 Å². The molecule has 7 heteroatoms. The van der Waals surface area contributed by atoms with E-state index in [0.717, 1.165) is 0 Å². The maximum absolute atomic E-state index is 12.3. The van der Waals surface area contributed by atoms with Gasteiger partial charge in [0.2, 0.25) is 0 Å². The zero-order valence-electron chi connectivity index (χ0n) is 11.9. The number of carbonyl (C=O) groups excluding carboxylic acids is 2. The third-order valence-electron chi connectivity index (χ3n) is 2.84. The van der Waals surface area contributed by atoms with Gasteiger partial charge in [0.25, 0.3) is 5.91 Å². The number of hydrogen-bond donors (Lipinski definition) is 1. The van der Waals surface area contributed by atoms with E-state index in [9.17, 15) is 9.59 Å². The highest BCUT2D eigenvalue weighted by atomic mass is 79.9. The van der Waals surface area contributed by atoms with Gasteiger partial charge < -0.3 is 14.8 Å². The Balaban J connectivity index is 2.24. The van der Waals surface area contributed by atoms with Crippen LogP contribution in [0.5, 0.6) is 5.75 Å². The number of methoxy groups -OCH3 is 2. The van der Waals surface area contributed by atoms with Crippen molar-refractivity contribution in [3.05, 3.63) is 52.3 Å². The number of rotatable bonds is 4. The molecule has 22 heavy (non-hydrogen) atoms. The number of nitrogens with zero attached hydrogens (tertiary/aromatic N) is 1. The van der Waals surface area contributed by atoms with Crippen molar-refractivity contribution in [2.75, 3.05) is 19.5 Å². The minimum absolute atomic E-state index is 0.255. The summed E-state index contributed by atoms with van der Waals surface area (Å²) in [7, 11) is 2.80. The second kappa shape index (κ2) is 7.04. The van der Waals surface area contributed by atoms with E-state index in [1.807, 2.05) is 0 Å². The summed E-state index contributed by atoms with van der Waals surface area (Å²) in [6.45, 7) is 0. The molecule has 2 rings (SSSR count). The van der Waals surface area contributed by atoms with Crippen molar-refractivity contribution >= 4 is 33.5 Å². The third-order valence-corrected chi connectivity index (χ3v) is 3.53. The van der Waals surface area contributed by atoms with Gasteiger partial charge in [-0.3, -0.25) is 9.78 Å². The molecule has 0 aliphatic heterocycles. The molecule has 1 aromatic heterocycles. The Labute approximate surface area is 135 Å². The zero-order chi connectivity index (χ0) is 16.1.